The Balaban J connectivity index is 1.70. The molecule has 0 saturated carbocycles. The molecule has 1 aliphatic heterocycles. The van der Waals surface area contributed by atoms with Crippen molar-refractivity contribution in [3.8, 4) is 0 Å². The molecule has 0 atom stereocenters. The molecule has 0 unspecified atom stereocenters. The third kappa shape index (κ3) is 4.93. The second-order valence-corrected chi connectivity index (χ2v) is 8.82. The zero-order valence-corrected chi connectivity index (χ0v) is 16.6. The third-order valence-electron chi connectivity index (χ3n) is 4.43. The minimum atomic E-state index is -3.66. The second kappa shape index (κ2) is 8.19. The van der Waals surface area contributed by atoms with Crippen molar-refractivity contribution in [3.05, 3.63) is 53.6 Å². The Morgan fingerprint density at radius 2 is 1.74 bits per heavy atom. The summed E-state index contributed by atoms with van der Waals surface area (Å²) in [5.74, 6) is -0.436. The van der Waals surface area contributed by atoms with Crippen molar-refractivity contribution in [1.82, 2.24) is 0 Å². The van der Waals surface area contributed by atoms with Gasteiger partial charge in [0.15, 0.2) is 0 Å². The van der Waals surface area contributed by atoms with Crippen LogP contribution in [0.25, 0.3) is 0 Å². The van der Waals surface area contributed by atoms with Crippen LogP contribution < -0.4 is 14.5 Å². The largest absolute Gasteiger partial charge is 0.372 e. The SMILES string of the molecule is CS(=O)(=O)N(CC(=O)Nc1ccc(N2CCCC2)cc1)c1ccccc1Cl. The summed E-state index contributed by atoms with van der Waals surface area (Å²) >= 11 is 6.11. The number of anilines is 3. The first kappa shape index (κ1) is 19.5. The number of para-hydroxylation sites is 1. The van der Waals surface area contributed by atoms with E-state index in [0.29, 0.717) is 5.69 Å². The van der Waals surface area contributed by atoms with E-state index < -0.39 is 15.9 Å². The Morgan fingerprint density at radius 1 is 1.11 bits per heavy atom. The molecule has 1 heterocycles. The minimum Gasteiger partial charge on any atom is -0.372 e. The highest BCUT2D eigenvalue weighted by molar-refractivity contribution is 7.92. The quantitative estimate of drug-likeness (QED) is 0.797. The monoisotopic (exact) mass is 407 g/mol. The number of nitrogens with zero attached hydrogens (tertiary/aromatic N) is 2. The highest BCUT2D eigenvalue weighted by atomic mass is 35.5. The number of benzene rings is 2. The number of hydrogen-bond donors (Lipinski definition) is 1. The Morgan fingerprint density at radius 3 is 2.33 bits per heavy atom. The Kier molecular flexibility index (Phi) is 5.92. The number of sulfonamides is 1. The van der Waals surface area contributed by atoms with Gasteiger partial charge < -0.3 is 10.2 Å². The lowest BCUT2D eigenvalue weighted by molar-refractivity contribution is -0.114. The molecule has 0 aromatic heterocycles. The summed E-state index contributed by atoms with van der Waals surface area (Å²) in [4.78, 5) is 14.7. The maximum atomic E-state index is 12.4. The van der Waals surface area contributed by atoms with Crippen LogP contribution in [-0.2, 0) is 14.8 Å². The first-order valence-electron chi connectivity index (χ1n) is 8.72. The molecule has 1 amide bonds. The van der Waals surface area contributed by atoms with Crippen molar-refractivity contribution in [3.63, 3.8) is 0 Å². The van der Waals surface area contributed by atoms with Crippen LogP contribution in [-0.4, -0.2) is 40.2 Å². The van der Waals surface area contributed by atoms with Crippen LogP contribution in [0.3, 0.4) is 0 Å². The number of halogens is 1. The van der Waals surface area contributed by atoms with Gasteiger partial charge in [-0.15, -0.1) is 0 Å². The Bertz CT molecular complexity index is 910. The minimum absolute atomic E-state index is 0.269. The van der Waals surface area contributed by atoms with Gasteiger partial charge in [-0.1, -0.05) is 23.7 Å². The topological polar surface area (TPSA) is 69.7 Å². The van der Waals surface area contributed by atoms with E-state index in [1.165, 1.54) is 12.8 Å². The van der Waals surface area contributed by atoms with Gasteiger partial charge in [0.25, 0.3) is 0 Å². The van der Waals surface area contributed by atoms with Crippen LogP contribution in [0.5, 0.6) is 0 Å². The van der Waals surface area contributed by atoms with Crippen LogP contribution in [0, 0.1) is 0 Å². The van der Waals surface area contributed by atoms with E-state index in [-0.39, 0.29) is 17.3 Å². The predicted molar refractivity (Wildman–Crippen MR) is 110 cm³/mol. The standard InChI is InChI=1S/C19H22ClN3O3S/c1-27(25,26)23(18-7-3-2-6-17(18)20)14-19(24)21-15-8-10-16(11-9-15)22-12-4-5-13-22/h2-3,6-11H,4-5,12-14H2,1H3,(H,21,24). The van der Waals surface area contributed by atoms with Gasteiger partial charge in [0.2, 0.25) is 15.9 Å². The van der Waals surface area contributed by atoms with Crippen molar-refractivity contribution in [2.45, 2.75) is 12.8 Å². The third-order valence-corrected chi connectivity index (χ3v) is 5.88. The van der Waals surface area contributed by atoms with E-state index in [9.17, 15) is 13.2 Å². The average Bonchev–Trinajstić information content (AvgIpc) is 3.15. The summed E-state index contributed by atoms with van der Waals surface area (Å²) in [6.45, 7) is 1.75. The molecule has 1 N–H and O–H groups in total. The van der Waals surface area contributed by atoms with Crippen molar-refractivity contribution in [2.24, 2.45) is 0 Å². The smallest absolute Gasteiger partial charge is 0.245 e. The van der Waals surface area contributed by atoms with Crippen LogP contribution in [0.4, 0.5) is 17.1 Å². The summed E-state index contributed by atoms with van der Waals surface area (Å²) in [6.07, 6.45) is 3.44. The molecular weight excluding hydrogens is 386 g/mol. The van der Waals surface area contributed by atoms with E-state index in [4.69, 9.17) is 11.6 Å². The summed E-state index contributed by atoms with van der Waals surface area (Å²) in [5, 5.41) is 3.01. The number of nitrogens with one attached hydrogen (secondary N) is 1. The molecule has 27 heavy (non-hydrogen) atoms. The van der Waals surface area contributed by atoms with Gasteiger partial charge >= 0.3 is 0 Å². The van der Waals surface area contributed by atoms with Gasteiger partial charge in [0.1, 0.15) is 6.54 Å². The van der Waals surface area contributed by atoms with Crippen LogP contribution in [0.2, 0.25) is 5.02 Å². The normalized spacial score (nSPS) is 14.2. The first-order chi connectivity index (χ1) is 12.8. The highest BCUT2D eigenvalue weighted by Crippen LogP contribution is 2.27. The number of carbonyl (C=O) groups is 1. The maximum absolute atomic E-state index is 12.4. The molecule has 6 nitrogen and oxygen atoms in total. The van der Waals surface area contributed by atoms with Crippen molar-refractivity contribution in [1.29, 1.82) is 0 Å². The van der Waals surface area contributed by atoms with Gasteiger partial charge in [0.05, 0.1) is 17.0 Å². The molecule has 0 spiro atoms. The molecule has 8 heteroatoms. The molecule has 2 aromatic carbocycles. The summed E-state index contributed by atoms with van der Waals surface area (Å²) < 4.78 is 25.3. The van der Waals surface area contributed by atoms with Crippen molar-refractivity contribution in [2.75, 3.05) is 40.4 Å². The van der Waals surface area contributed by atoms with Gasteiger partial charge in [0, 0.05) is 24.5 Å². The van der Waals surface area contributed by atoms with Crippen molar-refractivity contribution >= 4 is 44.6 Å². The fraction of sp³-hybridized carbons (Fsp3) is 0.316. The molecule has 144 valence electrons. The summed E-state index contributed by atoms with van der Waals surface area (Å²) in [6, 6.07) is 14.1. The summed E-state index contributed by atoms with van der Waals surface area (Å²) in [5.41, 5.74) is 2.02. The number of carbonyl (C=O) groups excluding carboxylic acids is 1. The zero-order chi connectivity index (χ0) is 19.4. The first-order valence-corrected chi connectivity index (χ1v) is 10.9. The van der Waals surface area contributed by atoms with Gasteiger partial charge in [-0.2, -0.15) is 0 Å². The lowest BCUT2D eigenvalue weighted by Gasteiger charge is -2.23. The number of hydrogen-bond acceptors (Lipinski definition) is 4. The zero-order valence-electron chi connectivity index (χ0n) is 15.1. The Hall–Kier alpha value is -2.25. The van der Waals surface area contributed by atoms with Crippen LogP contribution >= 0.6 is 11.6 Å². The molecule has 0 bridgehead atoms. The van der Waals surface area contributed by atoms with Gasteiger partial charge in [-0.3, -0.25) is 9.10 Å². The molecule has 0 radical (unpaired) electrons. The fourth-order valence-electron chi connectivity index (χ4n) is 3.10. The van der Waals surface area contributed by atoms with Crippen molar-refractivity contribution < 1.29 is 13.2 Å². The van der Waals surface area contributed by atoms with Gasteiger partial charge in [-0.05, 0) is 49.2 Å². The second-order valence-electron chi connectivity index (χ2n) is 6.51. The van der Waals surface area contributed by atoms with E-state index in [2.05, 4.69) is 10.2 Å². The van der Waals surface area contributed by atoms with Crippen LogP contribution in [0.1, 0.15) is 12.8 Å². The average molecular weight is 408 g/mol. The Labute approximate surface area is 164 Å². The van der Waals surface area contributed by atoms with E-state index in [1.54, 1.807) is 24.3 Å². The molecule has 1 aliphatic rings. The van der Waals surface area contributed by atoms with Gasteiger partial charge in [-0.25, -0.2) is 8.42 Å². The molecule has 1 saturated heterocycles. The highest BCUT2D eigenvalue weighted by Gasteiger charge is 2.23. The van der Waals surface area contributed by atoms with E-state index in [1.807, 2.05) is 24.3 Å². The molecule has 3 rings (SSSR count). The number of rotatable bonds is 6. The lowest BCUT2D eigenvalue weighted by atomic mass is 10.2. The fourth-order valence-corrected chi connectivity index (χ4v) is 4.25. The molecule has 0 aliphatic carbocycles. The van der Waals surface area contributed by atoms with E-state index >= 15 is 0 Å². The van der Waals surface area contributed by atoms with E-state index in [0.717, 1.165) is 29.3 Å². The number of amides is 1. The van der Waals surface area contributed by atoms with Crippen LogP contribution in [0.15, 0.2) is 48.5 Å². The predicted octanol–water partition coefficient (Wildman–Crippen LogP) is 3.34. The molecule has 1 fully saturated rings. The lowest BCUT2D eigenvalue weighted by Crippen LogP contribution is -2.37. The molecular formula is C19H22ClN3O3S. The molecule has 2 aromatic rings. The summed E-state index contributed by atoms with van der Waals surface area (Å²) in [7, 11) is -3.66. The maximum Gasteiger partial charge on any atom is 0.245 e.